The van der Waals surface area contributed by atoms with E-state index in [0.29, 0.717) is 19.0 Å². The number of halogens is 1. The highest BCUT2D eigenvalue weighted by molar-refractivity contribution is 6.05. The number of likely N-dealkylation sites (N-methyl/N-ethyl adjacent to an activating group) is 1. The number of nitrogens with one attached hydrogen (secondary N) is 2. The van der Waals surface area contributed by atoms with Crippen molar-refractivity contribution in [3.63, 3.8) is 0 Å². The van der Waals surface area contributed by atoms with E-state index in [1.54, 1.807) is 10.7 Å². The first-order valence-electron chi connectivity index (χ1n) is 9.62. The Morgan fingerprint density at radius 3 is 2.79 bits per heavy atom. The summed E-state index contributed by atoms with van der Waals surface area (Å²) >= 11 is 0. The number of hydrogen-bond acceptors (Lipinski definition) is 5. The molecule has 3 rings (SSSR count). The van der Waals surface area contributed by atoms with Crippen LogP contribution in [0.2, 0.25) is 0 Å². The summed E-state index contributed by atoms with van der Waals surface area (Å²) in [5.74, 6) is -1.02. The maximum atomic E-state index is 14.1. The van der Waals surface area contributed by atoms with Gasteiger partial charge in [0.25, 0.3) is 5.91 Å². The average molecular weight is 403 g/mol. The Balaban J connectivity index is 1.71. The Hall–Kier alpha value is -2.78. The molecule has 1 aliphatic heterocycles. The van der Waals surface area contributed by atoms with E-state index in [9.17, 15) is 14.0 Å². The number of morpholine rings is 1. The number of rotatable bonds is 6. The third-order valence-electron chi connectivity index (χ3n) is 4.78. The molecule has 0 saturated carbocycles. The quantitative estimate of drug-likeness (QED) is 0.773. The van der Waals surface area contributed by atoms with Crippen molar-refractivity contribution >= 4 is 23.3 Å². The van der Waals surface area contributed by atoms with Gasteiger partial charge in [-0.15, -0.1) is 0 Å². The first-order valence-corrected chi connectivity index (χ1v) is 9.62. The monoisotopic (exact) mass is 403 g/mol. The lowest BCUT2D eigenvalue weighted by Gasteiger charge is -2.31. The molecule has 0 bridgehead atoms. The second kappa shape index (κ2) is 9.15. The molecule has 1 aromatic heterocycles. The molecular formula is C20H26FN5O3. The van der Waals surface area contributed by atoms with Crippen molar-refractivity contribution in [2.45, 2.75) is 32.9 Å². The highest BCUT2D eigenvalue weighted by Crippen LogP contribution is 2.18. The number of aromatic nitrogens is 2. The molecule has 29 heavy (non-hydrogen) atoms. The maximum absolute atomic E-state index is 14.1. The molecule has 2 N–H and O–H groups in total. The largest absolute Gasteiger partial charge is 0.378 e. The molecule has 1 saturated heterocycles. The van der Waals surface area contributed by atoms with Crippen LogP contribution in [0, 0.1) is 12.7 Å². The molecule has 156 valence electrons. The van der Waals surface area contributed by atoms with E-state index in [1.165, 1.54) is 12.1 Å². The van der Waals surface area contributed by atoms with Gasteiger partial charge in [0, 0.05) is 36.1 Å². The van der Waals surface area contributed by atoms with Gasteiger partial charge >= 0.3 is 0 Å². The second-order valence-electron chi connectivity index (χ2n) is 7.14. The SMILES string of the molecule is CCCn1nc(NC(=O)c2cc(F)cc(NC(=O)[C@H]3COCCN3C)c2)cc1C. The van der Waals surface area contributed by atoms with Crippen molar-refractivity contribution in [3.05, 3.63) is 41.3 Å². The number of carbonyl (C=O) groups is 2. The highest BCUT2D eigenvalue weighted by atomic mass is 19.1. The number of amides is 2. The van der Waals surface area contributed by atoms with E-state index in [-0.39, 0.29) is 23.8 Å². The zero-order valence-electron chi connectivity index (χ0n) is 16.9. The predicted molar refractivity (Wildman–Crippen MR) is 107 cm³/mol. The second-order valence-corrected chi connectivity index (χ2v) is 7.14. The number of anilines is 2. The van der Waals surface area contributed by atoms with Crippen molar-refractivity contribution in [3.8, 4) is 0 Å². The molecule has 0 unspecified atom stereocenters. The van der Waals surface area contributed by atoms with E-state index in [2.05, 4.69) is 15.7 Å². The number of nitrogens with zero attached hydrogens (tertiary/aromatic N) is 3. The van der Waals surface area contributed by atoms with Crippen LogP contribution < -0.4 is 10.6 Å². The zero-order chi connectivity index (χ0) is 21.0. The first kappa shape index (κ1) is 20.9. The summed E-state index contributed by atoms with van der Waals surface area (Å²) in [7, 11) is 1.83. The Morgan fingerprint density at radius 2 is 2.07 bits per heavy atom. The van der Waals surface area contributed by atoms with Crippen LogP contribution >= 0.6 is 0 Å². The molecule has 1 fully saturated rings. The molecule has 1 aliphatic rings. The summed E-state index contributed by atoms with van der Waals surface area (Å²) in [5.41, 5.74) is 1.23. The number of ether oxygens (including phenoxy) is 1. The lowest BCUT2D eigenvalue weighted by atomic mass is 10.1. The van der Waals surface area contributed by atoms with E-state index >= 15 is 0 Å². The van der Waals surface area contributed by atoms with Crippen LogP contribution in [-0.4, -0.2) is 59.3 Å². The lowest BCUT2D eigenvalue weighted by Crippen LogP contribution is -2.49. The van der Waals surface area contributed by atoms with Gasteiger partial charge in [-0.2, -0.15) is 5.10 Å². The predicted octanol–water partition coefficient (Wildman–Crippen LogP) is 2.26. The number of carbonyl (C=O) groups excluding carboxylic acids is 2. The fraction of sp³-hybridized carbons (Fsp3) is 0.450. The topological polar surface area (TPSA) is 88.5 Å². The van der Waals surface area contributed by atoms with E-state index in [0.717, 1.165) is 24.7 Å². The van der Waals surface area contributed by atoms with Gasteiger partial charge in [0.2, 0.25) is 5.91 Å². The van der Waals surface area contributed by atoms with Crippen LogP contribution in [-0.2, 0) is 16.1 Å². The molecule has 8 nitrogen and oxygen atoms in total. The Bertz CT molecular complexity index is 898. The summed E-state index contributed by atoms with van der Waals surface area (Å²) in [6, 6.07) is 5.04. The number of aryl methyl sites for hydroxylation is 2. The van der Waals surface area contributed by atoms with Crippen LogP contribution in [0.25, 0.3) is 0 Å². The summed E-state index contributed by atoms with van der Waals surface area (Å²) in [6.45, 7) is 6.16. The fourth-order valence-corrected chi connectivity index (χ4v) is 3.18. The molecular weight excluding hydrogens is 377 g/mol. The van der Waals surface area contributed by atoms with Crippen molar-refractivity contribution < 1.29 is 18.7 Å². The fourth-order valence-electron chi connectivity index (χ4n) is 3.18. The van der Waals surface area contributed by atoms with Crippen LogP contribution in [0.5, 0.6) is 0 Å². The molecule has 0 radical (unpaired) electrons. The zero-order valence-corrected chi connectivity index (χ0v) is 16.9. The molecule has 2 heterocycles. The van der Waals surface area contributed by atoms with Gasteiger partial charge in [0.1, 0.15) is 11.9 Å². The van der Waals surface area contributed by atoms with Gasteiger partial charge in [-0.05, 0) is 38.6 Å². The van der Waals surface area contributed by atoms with Gasteiger partial charge in [-0.1, -0.05) is 6.92 Å². The van der Waals surface area contributed by atoms with Crippen LogP contribution in [0.1, 0.15) is 29.4 Å². The molecule has 1 atom stereocenters. The molecule has 9 heteroatoms. The van der Waals surface area contributed by atoms with Crippen molar-refractivity contribution in [2.24, 2.45) is 0 Å². The van der Waals surface area contributed by atoms with Gasteiger partial charge in [-0.3, -0.25) is 19.2 Å². The maximum Gasteiger partial charge on any atom is 0.257 e. The molecule has 2 aromatic rings. The van der Waals surface area contributed by atoms with Crippen molar-refractivity contribution in [2.75, 3.05) is 37.4 Å². The number of hydrogen-bond donors (Lipinski definition) is 2. The van der Waals surface area contributed by atoms with Gasteiger partial charge in [-0.25, -0.2) is 4.39 Å². The van der Waals surface area contributed by atoms with E-state index in [4.69, 9.17) is 4.74 Å². The summed E-state index contributed by atoms with van der Waals surface area (Å²) in [5, 5.41) is 9.68. The highest BCUT2D eigenvalue weighted by Gasteiger charge is 2.27. The molecule has 0 aliphatic carbocycles. The third kappa shape index (κ3) is 5.18. The van der Waals surface area contributed by atoms with Crippen LogP contribution in [0.4, 0.5) is 15.9 Å². The van der Waals surface area contributed by atoms with Crippen LogP contribution in [0.15, 0.2) is 24.3 Å². The van der Waals surface area contributed by atoms with E-state index in [1.807, 2.05) is 25.8 Å². The van der Waals surface area contributed by atoms with Gasteiger partial charge in [0.05, 0.1) is 13.2 Å². The standard InChI is InChI=1S/C20H26FN5O3/c1-4-5-26-13(2)8-18(24-26)23-19(27)14-9-15(21)11-16(10-14)22-20(28)17-12-29-7-6-25(17)3/h8-11,17H,4-7,12H2,1-3H3,(H,22,28)(H,23,24,27)/t17-/m1/s1. The van der Waals surface area contributed by atoms with Crippen molar-refractivity contribution in [1.82, 2.24) is 14.7 Å². The lowest BCUT2D eigenvalue weighted by molar-refractivity contribution is -0.126. The van der Waals surface area contributed by atoms with Gasteiger partial charge in [0.15, 0.2) is 5.82 Å². The van der Waals surface area contributed by atoms with E-state index < -0.39 is 17.8 Å². The number of benzene rings is 1. The Kier molecular flexibility index (Phi) is 6.60. The van der Waals surface area contributed by atoms with Gasteiger partial charge < -0.3 is 15.4 Å². The molecule has 1 aromatic carbocycles. The smallest absolute Gasteiger partial charge is 0.257 e. The Morgan fingerprint density at radius 1 is 1.28 bits per heavy atom. The third-order valence-corrected chi connectivity index (χ3v) is 4.78. The minimum absolute atomic E-state index is 0.0937. The normalized spacial score (nSPS) is 17.2. The molecule has 2 amide bonds. The summed E-state index contributed by atoms with van der Waals surface area (Å²) in [4.78, 5) is 26.9. The minimum Gasteiger partial charge on any atom is -0.378 e. The summed E-state index contributed by atoms with van der Waals surface area (Å²) in [6.07, 6.45) is 0.921. The summed E-state index contributed by atoms with van der Waals surface area (Å²) < 4.78 is 21.2. The molecule has 0 spiro atoms. The average Bonchev–Trinajstić information content (AvgIpc) is 3.00. The Labute approximate surface area is 169 Å². The first-order chi connectivity index (χ1) is 13.9. The van der Waals surface area contributed by atoms with Crippen molar-refractivity contribution in [1.29, 1.82) is 0 Å². The minimum atomic E-state index is -0.617. The van der Waals surface area contributed by atoms with Crippen LogP contribution in [0.3, 0.4) is 0 Å².